The third-order valence-corrected chi connectivity index (χ3v) is 2.00. The van der Waals surface area contributed by atoms with E-state index in [1.807, 2.05) is 0 Å². The smallest absolute Gasteiger partial charge is 0.0986 e. The Hall–Kier alpha value is -1.25. The maximum absolute atomic E-state index is 8.96. The predicted molar refractivity (Wildman–Crippen MR) is 49.7 cm³/mol. The average molecular weight is 163 g/mol. The number of rotatable bonds is 3. The van der Waals surface area contributed by atoms with Gasteiger partial charge in [-0.25, -0.2) is 0 Å². The zero-order chi connectivity index (χ0) is 9.78. The van der Waals surface area contributed by atoms with Crippen molar-refractivity contribution in [2.24, 2.45) is 11.3 Å². The molecular weight excluding hydrogens is 150 g/mol. The SMILES string of the molecule is C#CC(C)(C#C)[C@@H](CO)C(C)=N. The van der Waals surface area contributed by atoms with Gasteiger partial charge >= 0.3 is 0 Å². The highest BCUT2D eigenvalue weighted by molar-refractivity contribution is 5.83. The van der Waals surface area contributed by atoms with Crippen molar-refractivity contribution >= 4 is 5.71 Å². The molecule has 0 aromatic rings. The lowest BCUT2D eigenvalue weighted by Gasteiger charge is -2.25. The van der Waals surface area contributed by atoms with Crippen LogP contribution in [0.4, 0.5) is 0 Å². The van der Waals surface area contributed by atoms with Crippen LogP contribution in [-0.2, 0) is 0 Å². The van der Waals surface area contributed by atoms with E-state index in [1.165, 1.54) is 0 Å². The number of nitrogens with one attached hydrogen (secondary N) is 1. The molecule has 0 heterocycles. The topological polar surface area (TPSA) is 44.1 Å². The zero-order valence-corrected chi connectivity index (χ0v) is 7.39. The number of aliphatic hydroxyl groups excluding tert-OH is 1. The van der Waals surface area contributed by atoms with E-state index in [1.54, 1.807) is 13.8 Å². The van der Waals surface area contributed by atoms with E-state index in [0.717, 1.165) is 0 Å². The van der Waals surface area contributed by atoms with Gasteiger partial charge < -0.3 is 10.5 Å². The quantitative estimate of drug-likeness (QED) is 0.471. The summed E-state index contributed by atoms with van der Waals surface area (Å²) >= 11 is 0. The van der Waals surface area contributed by atoms with E-state index in [-0.39, 0.29) is 6.61 Å². The summed E-state index contributed by atoms with van der Waals surface area (Å²) in [5.41, 5.74) is -0.531. The van der Waals surface area contributed by atoms with Gasteiger partial charge in [-0.1, -0.05) is 11.8 Å². The first kappa shape index (κ1) is 10.8. The third kappa shape index (κ3) is 1.87. The van der Waals surface area contributed by atoms with Gasteiger partial charge in [0.25, 0.3) is 0 Å². The van der Waals surface area contributed by atoms with Crippen molar-refractivity contribution in [1.82, 2.24) is 0 Å². The van der Waals surface area contributed by atoms with Crippen LogP contribution in [0.2, 0.25) is 0 Å². The molecule has 0 aliphatic carbocycles. The van der Waals surface area contributed by atoms with Crippen LogP contribution in [0.25, 0.3) is 0 Å². The van der Waals surface area contributed by atoms with Gasteiger partial charge in [0.05, 0.1) is 12.0 Å². The van der Waals surface area contributed by atoms with E-state index in [0.29, 0.717) is 5.71 Å². The van der Waals surface area contributed by atoms with E-state index in [9.17, 15) is 0 Å². The van der Waals surface area contributed by atoms with Crippen LogP contribution in [0.15, 0.2) is 0 Å². The molecular formula is C10H13NO. The molecule has 2 nitrogen and oxygen atoms in total. The first-order valence-corrected chi connectivity index (χ1v) is 3.63. The van der Waals surface area contributed by atoms with Gasteiger partial charge in [-0.05, 0) is 13.8 Å². The molecule has 0 aliphatic heterocycles. The Kier molecular flexibility index (Phi) is 3.54. The van der Waals surface area contributed by atoms with Crippen molar-refractivity contribution < 1.29 is 5.11 Å². The molecule has 0 saturated carbocycles. The van der Waals surface area contributed by atoms with Crippen LogP contribution in [0.1, 0.15) is 13.8 Å². The number of aliphatic hydroxyl groups is 1. The molecule has 0 radical (unpaired) electrons. The standard InChI is InChI=1S/C10H13NO/c1-5-10(4,6-2)9(7-12)8(3)11/h1-2,9,11-12H,7H2,3-4H3/t9-/m0/s1. The van der Waals surface area contributed by atoms with E-state index >= 15 is 0 Å². The molecule has 64 valence electrons. The van der Waals surface area contributed by atoms with Gasteiger partial charge in [0.2, 0.25) is 0 Å². The molecule has 2 heteroatoms. The van der Waals surface area contributed by atoms with Crippen molar-refractivity contribution in [2.45, 2.75) is 13.8 Å². The van der Waals surface area contributed by atoms with Crippen LogP contribution in [0, 0.1) is 41.4 Å². The summed E-state index contributed by atoms with van der Waals surface area (Å²) in [6, 6.07) is 0. The fraction of sp³-hybridized carbons (Fsp3) is 0.500. The second kappa shape index (κ2) is 3.95. The maximum atomic E-state index is 8.96. The van der Waals surface area contributed by atoms with E-state index in [4.69, 9.17) is 23.4 Å². The molecule has 0 saturated heterocycles. The summed E-state index contributed by atoms with van der Waals surface area (Å²) in [6.07, 6.45) is 10.5. The van der Waals surface area contributed by atoms with Gasteiger partial charge in [-0.3, -0.25) is 0 Å². The van der Waals surface area contributed by atoms with E-state index in [2.05, 4.69) is 11.8 Å². The minimum absolute atomic E-state index is 0.180. The predicted octanol–water partition coefficient (Wildman–Crippen LogP) is 0.907. The van der Waals surface area contributed by atoms with Crippen molar-refractivity contribution in [3.05, 3.63) is 0 Å². The molecule has 12 heavy (non-hydrogen) atoms. The highest BCUT2D eigenvalue weighted by atomic mass is 16.3. The molecule has 0 fully saturated rings. The highest BCUT2D eigenvalue weighted by Crippen LogP contribution is 2.25. The molecule has 0 aromatic heterocycles. The van der Waals surface area contributed by atoms with Gasteiger partial charge in [0.1, 0.15) is 0 Å². The van der Waals surface area contributed by atoms with Gasteiger partial charge in [-0.15, -0.1) is 12.8 Å². The van der Waals surface area contributed by atoms with Crippen LogP contribution in [0.3, 0.4) is 0 Å². The van der Waals surface area contributed by atoms with Crippen LogP contribution in [-0.4, -0.2) is 17.4 Å². The highest BCUT2D eigenvalue weighted by Gasteiger charge is 2.31. The summed E-state index contributed by atoms with van der Waals surface area (Å²) in [5.74, 6) is 4.41. The molecule has 0 rings (SSSR count). The second-order valence-corrected chi connectivity index (χ2v) is 2.91. The summed E-state index contributed by atoms with van der Waals surface area (Å²) < 4.78 is 0. The minimum atomic E-state index is -0.847. The van der Waals surface area contributed by atoms with Crippen molar-refractivity contribution in [3.8, 4) is 24.7 Å². The first-order valence-electron chi connectivity index (χ1n) is 3.63. The van der Waals surface area contributed by atoms with Crippen molar-refractivity contribution in [3.63, 3.8) is 0 Å². The molecule has 0 bridgehead atoms. The Labute approximate surface area is 73.5 Å². The average Bonchev–Trinajstić information content (AvgIpc) is 2.04. The van der Waals surface area contributed by atoms with Crippen LogP contribution < -0.4 is 0 Å². The van der Waals surface area contributed by atoms with Crippen molar-refractivity contribution in [2.75, 3.05) is 6.61 Å². The molecule has 0 unspecified atom stereocenters. The molecule has 0 aromatic carbocycles. The molecule has 0 amide bonds. The molecule has 1 atom stereocenters. The number of hydrogen-bond donors (Lipinski definition) is 2. The lowest BCUT2D eigenvalue weighted by Crippen LogP contribution is -2.32. The van der Waals surface area contributed by atoms with Crippen LogP contribution >= 0.6 is 0 Å². The Morgan fingerprint density at radius 3 is 2.08 bits per heavy atom. The minimum Gasteiger partial charge on any atom is -0.396 e. The Balaban J connectivity index is 4.87. The van der Waals surface area contributed by atoms with Gasteiger partial charge in [0.15, 0.2) is 0 Å². The third-order valence-electron chi connectivity index (χ3n) is 2.00. The largest absolute Gasteiger partial charge is 0.396 e. The Morgan fingerprint density at radius 1 is 1.58 bits per heavy atom. The summed E-state index contributed by atoms with van der Waals surface area (Å²) in [7, 11) is 0. The molecule has 0 spiro atoms. The number of hydrogen-bond acceptors (Lipinski definition) is 2. The molecule has 0 aliphatic rings. The van der Waals surface area contributed by atoms with E-state index < -0.39 is 11.3 Å². The fourth-order valence-electron chi connectivity index (χ4n) is 0.995. The Bertz CT molecular complexity index is 240. The second-order valence-electron chi connectivity index (χ2n) is 2.91. The fourth-order valence-corrected chi connectivity index (χ4v) is 0.995. The van der Waals surface area contributed by atoms with Gasteiger partial charge in [-0.2, -0.15) is 0 Å². The van der Waals surface area contributed by atoms with Gasteiger partial charge in [0, 0.05) is 11.6 Å². The summed E-state index contributed by atoms with van der Waals surface area (Å²) in [5, 5.41) is 16.3. The Morgan fingerprint density at radius 2 is 2.00 bits per heavy atom. The number of terminal acetylenes is 2. The first-order chi connectivity index (χ1) is 5.51. The monoisotopic (exact) mass is 163 g/mol. The van der Waals surface area contributed by atoms with Crippen LogP contribution in [0.5, 0.6) is 0 Å². The molecule has 2 N–H and O–H groups in total. The summed E-state index contributed by atoms with van der Waals surface area (Å²) in [6.45, 7) is 3.08. The van der Waals surface area contributed by atoms with Crippen molar-refractivity contribution in [1.29, 1.82) is 5.41 Å². The summed E-state index contributed by atoms with van der Waals surface area (Å²) in [4.78, 5) is 0. The maximum Gasteiger partial charge on any atom is 0.0986 e. The zero-order valence-electron chi connectivity index (χ0n) is 7.39. The lowest BCUT2D eigenvalue weighted by atomic mass is 9.76. The normalized spacial score (nSPS) is 12.8. The lowest BCUT2D eigenvalue weighted by molar-refractivity contribution is 0.221.